The molecule has 0 aliphatic heterocycles. The second-order valence-corrected chi connectivity index (χ2v) is 9.17. The minimum Gasteiger partial charge on any atom is -0.488 e. The fourth-order valence-electron chi connectivity index (χ4n) is 3.71. The molecule has 2 aromatic carbocycles. The summed E-state index contributed by atoms with van der Waals surface area (Å²) >= 11 is 3.54. The van der Waals surface area contributed by atoms with E-state index in [1.165, 1.54) is 0 Å². The molecule has 2 N–H and O–H groups in total. The van der Waals surface area contributed by atoms with E-state index < -0.39 is 6.09 Å². The molecular weight excluding hydrogens is 468 g/mol. The number of carbonyl (C=O) groups is 1. The van der Waals surface area contributed by atoms with Gasteiger partial charge in [0.25, 0.3) is 0 Å². The minimum atomic E-state index is -1.05. The van der Waals surface area contributed by atoms with Crippen LogP contribution in [0.3, 0.4) is 0 Å². The number of carboxylic acid groups (broad SMARTS) is 1. The molecular formula is C26H29BrN2O3. The predicted octanol–water partition coefficient (Wildman–Crippen LogP) is 6.67. The number of halogens is 1. The average molecular weight is 497 g/mol. The lowest BCUT2D eigenvalue weighted by Crippen LogP contribution is -2.23. The van der Waals surface area contributed by atoms with Crippen LogP contribution < -0.4 is 10.1 Å². The van der Waals surface area contributed by atoms with Crippen molar-refractivity contribution in [1.82, 2.24) is 10.3 Å². The normalized spacial score (nSPS) is 10.9. The van der Waals surface area contributed by atoms with Crippen molar-refractivity contribution >= 4 is 22.0 Å². The molecule has 5 nitrogen and oxygen atoms in total. The molecule has 0 atom stereocenters. The lowest BCUT2D eigenvalue weighted by molar-refractivity contribution is 0.194. The number of aryl methyl sites for hydroxylation is 2. The Bertz CT molecular complexity index is 1090. The molecule has 0 saturated carbocycles. The molecule has 1 aromatic heterocycles. The largest absolute Gasteiger partial charge is 0.488 e. The van der Waals surface area contributed by atoms with Gasteiger partial charge in [-0.1, -0.05) is 55.8 Å². The van der Waals surface area contributed by atoms with Gasteiger partial charge in [0.15, 0.2) is 0 Å². The predicted molar refractivity (Wildman–Crippen MR) is 131 cm³/mol. The third-order valence-corrected chi connectivity index (χ3v) is 5.91. The molecule has 0 saturated heterocycles. The van der Waals surface area contributed by atoms with E-state index in [4.69, 9.17) is 9.72 Å². The number of nitrogens with one attached hydrogen (secondary N) is 1. The molecule has 0 fully saturated rings. The molecule has 32 heavy (non-hydrogen) atoms. The number of hydrogen-bond donors (Lipinski definition) is 2. The SMILES string of the molecule is Cc1ccc(-c2c(COc3ccccc3Br)c(C)nc(CC(C)C)c2CNC(=O)O)cc1. The molecule has 1 heterocycles. The van der Waals surface area contributed by atoms with Crippen LogP contribution >= 0.6 is 15.9 Å². The molecule has 168 valence electrons. The fourth-order valence-corrected chi connectivity index (χ4v) is 4.11. The van der Waals surface area contributed by atoms with Gasteiger partial charge in [0.2, 0.25) is 0 Å². The maximum absolute atomic E-state index is 11.3. The van der Waals surface area contributed by atoms with Crippen LogP contribution in [0.25, 0.3) is 11.1 Å². The Morgan fingerprint density at radius 2 is 1.78 bits per heavy atom. The van der Waals surface area contributed by atoms with Gasteiger partial charge in [0.05, 0.1) is 4.47 Å². The average Bonchev–Trinajstić information content (AvgIpc) is 2.73. The van der Waals surface area contributed by atoms with Crippen molar-refractivity contribution < 1.29 is 14.6 Å². The smallest absolute Gasteiger partial charge is 0.404 e. The first-order chi connectivity index (χ1) is 15.3. The third-order valence-electron chi connectivity index (χ3n) is 5.26. The van der Waals surface area contributed by atoms with Crippen molar-refractivity contribution in [3.8, 4) is 16.9 Å². The summed E-state index contributed by atoms with van der Waals surface area (Å²) < 4.78 is 7.05. The van der Waals surface area contributed by atoms with E-state index in [9.17, 15) is 9.90 Å². The van der Waals surface area contributed by atoms with E-state index in [0.29, 0.717) is 12.5 Å². The monoisotopic (exact) mass is 496 g/mol. The first-order valence-corrected chi connectivity index (χ1v) is 11.5. The molecule has 0 unspecified atom stereocenters. The summed E-state index contributed by atoms with van der Waals surface area (Å²) in [7, 11) is 0. The number of benzene rings is 2. The summed E-state index contributed by atoms with van der Waals surface area (Å²) in [5.41, 5.74) is 6.86. The first kappa shape index (κ1) is 23.8. The Morgan fingerprint density at radius 3 is 2.41 bits per heavy atom. The summed E-state index contributed by atoms with van der Waals surface area (Å²) in [6, 6.07) is 16.0. The molecule has 0 bridgehead atoms. The highest BCUT2D eigenvalue weighted by molar-refractivity contribution is 9.10. The molecule has 0 aliphatic rings. The van der Waals surface area contributed by atoms with E-state index in [0.717, 1.165) is 55.8 Å². The zero-order valence-corrected chi connectivity index (χ0v) is 20.5. The van der Waals surface area contributed by atoms with Crippen LogP contribution in [0.2, 0.25) is 0 Å². The highest BCUT2D eigenvalue weighted by Crippen LogP contribution is 2.34. The Hall–Kier alpha value is -2.86. The Labute approximate surface area is 198 Å². The van der Waals surface area contributed by atoms with Crippen molar-refractivity contribution in [3.05, 3.63) is 81.1 Å². The maximum atomic E-state index is 11.3. The van der Waals surface area contributed by atoms with Crippen LogP contribution in [0.4, 0.5) is 4.79 Å². The highest BCUT2D eigenvalue weighted by Gasteiger charge is 2.21. The van der Waals surface area contributed by atoms with Crippen molar-refractivity contribution in [1.29, 1.82) is 0 Å². The number of hydrogen-bond acceptors (Lipinski definition) is 3. The number of para-hydroxylation sites is 1. The first-order valence-electron chi connectivity index (χ1n) is 10.7. The molecule has 0 aliphatic carbocycles. The van der Waals surface area contributed by atoms with Crippen LogP contribution in [-0.2, 0) is 19.6 Å². The fraction of sp³-hybridized carbons (Fsp3) is 0.308. The Balaban J connectivity index is 2.16. The minimum absolute atomic E-state index is 0.190. The molecule has 0 radical (unpaired) electrons. The lowest BCUT2D eigenvalue weighted by atomic mass is 9.90. The third kappa shape index (κ3) is 5.88. The molecule has 6 heteroatoms. The van der Waals surface area contributed by atoms with Crippen LogP contribution in [0.1, 0.15) is 41.9 Å². The number of pyridine rings is 1. The van der Waals surface area contributed by atoms with Crippen LogP contribution in [-0.4, -0.2) is 16.2 Å². The standard InChI is InChI=1S/C26H29BrN2O3/c1-16(2)13-23-20(14-28-26(30)31)25(19-11-9-17(3)10-12-19)21(18(4)29-23)15-32-24-8-6-5-7-22(24)27/h5-12,16,28H,13-15H2,1-4H3,(H,30,31). The van der Waals surface area contributed by atoms with Gasteiger partial charge >= 0.3 is 6.09 Å². The Kier molecular flexibility index (Phi) is 7.91. The highest BCUT2D eigenvalue weighted by atomic mass is 79.9. The van der Waals surface area contributed by atoms with Gasteiger partial charge in [-0.2, -0.15) is 0 Å². The van der Waals surface area contributed by atoms with Crippen LogP contribution in [0.5, 0.6) is 5.75 Å². The molecule has 3 rings (SSSR count). The van der Waals surface area contributed by atoms with Gasteiger partial charge in [0.1, 0.15) is 12.4 Å². The zero-order valence-electron chi connectivity index (χ0n) is 18.9. The second kappa shape index (κ2) is 10.6. The van der Waals surface area contributed by atoms with Gasteiger partial charge in [-0.15, -0.1) is 0 Å². The van der Waals surface area contributed by atoms with Gasteiger partial charge in [-0.05, 0) is 65.4 Å². The maximum Gasteiger partial charge on any atom is 0.404 e. The van der Waals surface area contributed by atoms with Crippen molar-refractivity contribution in [2.75, 3.05) is 0 Å². The lowest BCUT2D eigenvalue weighted by Gasteiger charge is -2.22. The van der Waals surface area contributed by atoms with Crippen molar-refractivity contribution in [2.45, 2.75) is 47.3 Å². The van der Waals surface area contributed by atoms with Crippen molar-refractivity contribution in [3.63, 3.8) is 0 Å². The summed E-state index contributed by atoms with van der Waals surface area (Å²) in [4.78, 5) is 16.2. The van der Waals surface area contributed by atoms with Crippen molar-refractivity contribution in [2.24, 2.45) is 5.92 Å². The second-order valence-electron chi connectivity index (χ2n) is 8.32. The van der Waals surface area contributed by atoms with E-state index >= 15 is 0 Å². The van der Waals surface area contributed by atoms with Gasteiger partial charge in [0, 0.05) is 29.1 Å². The zero-order chi connectivity index (χ0) is 23.3. The number of ether oxygens (including phenoxy) is 1. The van der Waals surface area contributed by atoms with E-state index in [1.807, 2.05) is 31.2 Å². The number of amides is 1. The van der Waals surface area contributed by atoms with E-state index in [-0.39, 0.29) is 6.54 Å². The summed E-state index contributed by atoms with van der Waals surface area (Å²) in [5, 5.41) is 11.8. The Morgan fingerprint density at radius 1 is 1.09 bits per heavy atom. The van der Waals surface area contributed by atoms with E-state index in [1.54, 1.807) is 0 Å². The summed E-state index contributed by atoms with van der Waals surface area (Å²) in [6.07, 6.45) is -0.288. The molecule has 1 amide bonds. The van der Waals surface area contributed by atoms with Gasteiger partial charge < -0.3 is 15.2 Å². The van der Waals surface area contributed by atoms with Gasteiger partial charge in [-0.3, -0.25) is 4.98 Å². The van der Waals surface area contributed by atoms with Gasteiger partial charge in [-0.25, -0.2) is 4.79 Å². The number of rotatable bonds is 8. The van der Waals surface area contributed by atoms with Crippen LogP contribution in [0.15, 0.2) is 53.0 Å². The topological polar surface area (TPSA) is 71.5 Å². The summed E-state index contributed by atoms with van der Waals surface area (Å²) in [6.45, 7) is 8.84. The molecule has 0 spiro atoms. The molecule has 3 aromatic rings. The van der Waals surface area contributed by atoms with Crippen LogP contribution in [0, 0.1) is 19.8 Å². The number of nitrogens with zero attached hydrogens (tertiary/aromatic N) is 1. The van der Waals surface area contributed by atoms with E-state index in [2.05, 4.69) is 66.3 Å². The summed E-state index contributed by atoms with van der Waals surface area (Å²) in [5.74, 6) is 1.14. The quantitative estimate of drug-likeness (QED) is 0.365. The number of aromatic nitrogens is 1.